The van der Waals surface area contributed by atoms with Gasteiger partial charge < -0.3 is 10.1 Å². The standard InChI is InChI=1S/C14H27NO2/c1-5-6-11-7-9-12(10-8-11)15-13(16)17-14(2,3)4/h11-12H,5-10H2,1-4H3,(H,15,16)/t11-,12-. The first-order valence-corrected chi connectivity index (χ1v) is 6.90. The molecule has 1 saturated carbocycles. The lowest BCUT2D eigenvalue weighted by molar-refractivity contribution is 0.0486. The van der Waals surface area contributed by atoms with E-state index < -0.39 is 5.60 Å². The predicted octanol–water partition coefficient (Wildman–Crippen LogP) is 3.87. The summed E-state index contributed by atoms with van der Waals surface area (Å²) in [6, 6.07) is 0.318. The van der Waals surface area contributed by atoms with Crippen LogP contribution in [0.1, 0.15) is 66.2 Å². The average Bonchev–Trinajstić information content (AvgIpc) is 2.18. The highest BCUT2D eigenvalue weighted by molar-refractivity contribution is 5.68. The monoisotopic (exact) mass is 241 g/mol. The maximum absolute atomic E-state index is 11.6. The van der Waals surface area contributed by atoms with Gasteiger partial charge >= 0.3 is 6.09 Å². The Labute approximate surface area is 105 Å². The number of hydrogen-bond donors (Lipinski definition) is 1. The van der Waals surface area contributed by atoms with Crippen LogP contribution in [0.4, 0.5) is 4.79 Å². The van der Waals surface area contributed by atoms with Crippen LogP contribution in [-0.2, 0) is 4.74 Å². The number of ether oxygens (including phenoxy) is 1. The summed E-state index contributed by atoms with van der Waals surface area (Å²) < 4.78 is 5.26. The summed E-state index contributed by atoms with van der Waals surface area (Å²) in [7, 11) is 0. The smallest absolute Gasteiger partial charge is 0.407 e. The summed E-state index contributed by atoms with van der Waals surface area (Å²) in [5.74, 6) is 0.872. The van der Waals surface area contributed by atoms with Gasteiger partial charge in [-0.05, 0) is 52.4 Å². The van der Waals surface area contributed by atoms with E-state index in [2.05, 4.69) is 12.2 Å². The number of carbonyl (C=O) groups excluding carboxylic acids is 1. The molecule has 1 aliphatic carbocycles. The van der Waals surface area contributed by atoms with Crippen molar-refractivity contribution in [3.63, 3.8) is 0 Å². The third kappa shape index (κ3) is 5.94. The molecule has 1 fully saturated rings. The second kappa shape index (κ2) is 6.27. The van der Waals surface area contributed by atoms with Gasteiger partial charge in [-0.1, -0.05) is 19.8 Å². The molecule has 1 rings (SSSR count). The molecule has 17 heavy (non-hydrogen) atoms. The first-order valence-electron chi connectivity index (χ1n) is 6.90. The third-order valence-corrected chi connectivity index (χ3v) is 3.26. The Bertz CT molecular complexity index is 237. The first-order chi connectivity index (χ1) is 7.90. The van der Waals surface area contributed by atoms with E-state index in [4.69, 9.17) is 4.74 Å². The molecule has 0 aromatic heterocycles. The van der Waals surface area contributed by atoms with Crippen LogP contribution in [0.5, 0.6) is 0 Å². The lowest BCUT2D eigenvalue weighted by Gasteiger charge is -2.29. The van der Waals surface area contributed by atoms with Crippen molar-refractivity contribution < 1.29 is 9.53 Å². The van der Waals surface area contributed by atoms with Gasteiger partial charge in [0.25, 0.3) is 0 Å². The first kappa shape index (κ1) is 14.3. The van der Waals surface area contributed by atoms with Crippen molar-refractivity contribution in [2.24, 2.45) is 5.92 Å². The second-order valence-corrected chi connectivity index (χ2v) is 6.15. The Morgan fingerprint density at radius 2 is 1.82 bits per heavy atom. The molecule has 0 aromatic carbocycles. The molecule has 3 heteroatoms. The van der Waals surface area contributed by atoms with Gasteiger partial charge in [0.15, 0.2) is 0 Å². The van der Waals surface area contributed by atoms with Gasteiger partial charge in [-0.2, -0.15) is 0 Å². The van der Waals surface area contributed by atoms with Gasteiger partial charge in [0.05, 0.1) is 0 Å². The molecule has 3 nitrogen and oxygen atoms in total. The SMILES string of the molecule is CCC[C@H]1CC[C@H](NC(=O)OC(C)(C)C)CC1. The molecule has 100 valence electrons. The fourth-order valence-corrected chi connectivity index (χ4v) is 2.48. The van der Waals surface area contributed by atoms with E-state index in [0.717, 1.165) is 18.8 Å². The summed E-state index contributed by atoms with van der Waals surface area (Å²) in [5, 5.41) is 2.98. The zero-order chi connectivity index (χ0) is 12.9. The molecule has 0 aliphatic heterocycles. The van der Waals surface area contributed by atoms with Gasteiger partial charge in [-0.25, -0.2) is 4.79 Å². The lowest BCUT2D eigenvalue weighted by atomic mass is 9.83. The second-order valence-electron chi connectivity index (χ2n) is 6.15. The summed E-state index contributed by atoms with van der Waals surface area (Å²) >= 11 is 0. The molecule has 0 unspecified atom stereocenters. The van der Waals surface area contributed by atoms with E-state index >= 15 is 0 Å². The molecule has 1 aliphatic rings. The number of nitrogens with one attached hydrogen (secondary N) is 1. The zero-order valence-electron chi connectivity index (χ0n) is 11.7. The van der Waals surface area contributed by atoms with Gasteiger partial charge in [0.1, 0.15) is 5.60 Å². The fraction of sp³-hybridized carbons (Fsp3) is 0.929. The van der Waals surface area contributed by atoms with Crippen molar-refractivity contribution in [1.29, 1.82) is 0 Å². The van der Waals surface area contributed by atoms with Crippen molar-refractivity contribution in [1.82, 2.24) is 5.32 Å². The van der Waals surface area contributed by atoms with Crippen LogP contribution in [-0.4, -0.2) is 17.7 Å². The van der Waals surface area contributed by atoms with E-state index in [9.17, 15) is 4.79 Å². The lowest BCUT2D eigenvalue weighted by Crippen LogP contribution is -2.40. The molecule has 0 bridgehead atoms. The third-order valence-electron chi connectivity index (χ3n) is 3.26. The van der Waals surface area contributed by atoms with Crippen molar-refractivity contribution in [2.75, 3.05) is 0 Å². The Morgan fingerprint density at radius 1 is 1.24 bits per heavy atom. The summed E-state index contributed by atoms with van der Waals surface area (Å²) in [4.78, 5) is 11.6. The van der Waals surface area contributed by atoms with Crippen molar-refractivity contribution >= 4 is 6.09 Å². The molecule has 0 aromatic rings. The number of hydrogen-bond acceptors (Lipinski definition) is 2. The topological polar surface area (TPSA) is 38.3 Å². The van der Waals surface area contributed by atoms with Crippen LogP contribution < -0.4 is 5.32 Å². The van der Waals surface area contributed by atoms with Gasteiger partial charge in [-0.3, -0.25) is 0 Å². The minimum Gasteiger partial charge on any atom is -0.444 e. The van der Waals surface area contributed by atoms with Crippen LogP contribution >= 0.6 is 0 Å². The minimum atomic E-state index is -0.399. The quantitative estimate of drug-likeness (QED) is 0.814. The van der Waals surface area contributed by atoms with Gasteiger partial charge in [0, 0.05) is 6.04 Å². The van der Waals surface area contributed by atoms with E-state index in [1.165, 1.54) is 25.7 Å². The van der Waals surface area contributed by atoms with E-state index in [1.54, 1.807) is 0 Å². The maximum atomic E-state index is 11.6. The van der Waals surface area contributed by atoms with Gasteiger partial charge in [-0.15, -0.1) is 0 Å². The molecular weight excluding hydrogens is 214 g/mol. The molecule has 0 saturated heterocycles. The minimum absolute atomic E-state index is 0.267. The van der Waals surface area contributed by atoms with Crippen molar-refractivity contribution in [3.05, 3.63) is 0 Å². The summed E-state index contributed by atoms with van der Waals surface area (Å²) in [6.07, 6.45) is 7.03. The molecule has 0 radical (unpaired) electrons. The summed E-state index contributed by atoms with van der Waals surface area (Å²) in [6.45, 7) is 7.92. The Hall–Kier alpha value is -0.730. The molecule has 0 spiro atoms. The maximum Gasteiger partial charge on any atom is 0.407 e. The predicted molar refractivity (Wildman–Crippen MR) is 70.0 cm³/mol. The number of carbonyl (C=O) groups is 1. The van der Waals surface area contributed by atoms with Crippen molar-refractivity contribution in [2.45, 2.75) is 77.9 Å². The number of rotatable bonds is 3. The highest BCUT2D eigenvalue weighted by Crippen LogP contribution is 2.27. The number of amides is 1. The fourth-order valence-electron chi connectivity index (χ4n) is 2.48. The Kier molecular flexibility index (Phi) is 5.29. The molecule has 1 amide bonds. The number of alkyl carbamates (subject to hydrolysis) is 1. The van der Waals surface area contributed by atoms with Gasteiger partial charge in [0.2, 0.25) is 0 Å². The van der Waals surface area contributed by atoms with Crippen LogP contribution in [0.25, 0.3) is 0 Å². The van der Waals surface area contributed by atoms with E-state index in [-0.39, 0.29) is 6.09 Å². The Morgan fingerprint density at radius 3 is 2.29 bits per heavy atom. The van der Waals surface area contributed by atoms with Crippen LogP contribution in [0.2, 0.25) is 0 Å². The van der Waals surface area contributed by atoms with Crippen LogP contribution in [0.15, 0.2) is 0 Å². The molecule has 0 atom stereocenters. The zero-order valence-corrected chi connectivity index (χ0v) is 11.7. The van der Waals surface area contributed by atoms with Crippen LogP contribution in [0, 0.1) is 5.92 Å². The molecular formula is C14H27NO2. The molecule has 0 heterocycles. The van der Waals surface area contributed by atoms with E-state index in [0.29, 0.717) is 6.04 Å². The normalized spacial score (nSPS) is 25.4. The van der Waals surface area contributed by atoms with Crippen molar-refractivity contribution in [3.8, 4) is 0 Å². The van der Waals surface area contributed by atoms with Crippen LogP contribution in [0.3, 0.4) is 0 Å². The highest BCUT2D eigenvalue weighted by atomic mass is 16.6. The average molecular weight is 241 g/mol. The molecule has 1 N–H and O–H groups in total. The van der Waals surface area contributed by atoms with E-state index in [1.807, 2.05) is 20.8 Å². The summed E-state index contributed by atoms with van der Waals surface area (Å²) in [5.41, 5.74) is -0.399. The highest BCUT2D eigenvalue weighted by Gasteiger charge is 2.24. The largest absolute Gasteiger partial charge is 0.444 e. The Balaban J connectivity index is 2.24.